The Balaban J connectivity index is 1.26. The maximum Gasteiger partial charge on any atom is 0.155 e. The van der Waals surface area contributed by atoms with Crippen LogP contribution in [0.3, 0.4) is 0 Å². The highest BCUT2D eigenvalue weighted by Crippen LogP contribution is 2.28. The Hall–Kier alpha value is -3.58. The van der Waals surface area contributed by atoms with Crippen molar-refractivity contribution in [3.63, 3.8) is 0 Å². The summed E-state index contributed by atoms with van der Waals surface area (Å²) >= 11 is 0. The number of piperazine rings is 1. The third kappa shape index (κ3) is 4.70. The topological polar surface area (TPSA) is 50.1 Å². The second kappa shape index (κ2) is 9.73. The van der Waals surface area contributed by atoms with Gasteiger partial charge < -0.3 is 4.90 Å². The van der Waals surface area contributed by atoms with Crippen LogP contribution in [0.25, 0.3) is 11.3 Å². The number of aryl methyl sites for hydroxylation is 1. The standard InChI is InChI=1S/C27H29FN6/c1-20-25(21(2)34(31-20)18-22-6-4-3-5-7-22)19-32-14-16-33(17-15-32)27-26(29-12-13-30-27)23-8-10-24(28)11-9-23/h3-13H,14-19H2,1-2H3. The van der Waals surface area contributed by atoms with E-state index >= 15 is 0 Å². The average molecular weight is 457 g/mol. The summed E-state index contributed by atoms with van der Waals surface area (Å²) < 4.78 is 15.5. The van der Waals surface area contributed by atoms with Gasteiger partial charge in [0.25, 0.3) is 0 Å². The van der Waals surface area contributed by atoms with Crippen LogP contribution in [0.15, 0.2) is 67.0 Å². The Morgan fingerprint density at radius 1 is 0.824 bits per heavy atom. The molecule has 5 rings (SSSR count). The van der Waals surface area contributed by atoms with Crippen molar-refractivity contribution in [1.82, 2.24) is 24.6 Å². The molecule has 3 heterocycles. The van der Waals surface area contributed by atoms with E-state index in [4.69, 9.17) is 5.10 Å². The molecule has 1 aliphatic rings. The van der Waals surface area contributed by atoms with Gasteiger partial charge in [0.2, 0.25) is 0 Å². The Labute approximate surface area is 199 Å². The van der Waals surface area contributed by atoms with Crippen molar-refractivity contribution in [3.05, 3.63) is 95.3 Å². The fourth-order valence-corrected chi connectivity index (χ4v) is 4.59. The van der Waals surface area contributed by atoms with Gasteiger partial charge in [-0.1, -0.05) is 30.3 Å². The third-order valence-electron chi connectivity index (χ3n) is 6.56. The first-order chi connectivity index (χ1) is 16.6. The van der Waals surface area contributed by atoms with E-state index < -0.39 is 0 Å². The number of anilines is 1. The van der Waals surface area contributed by atoms with Crippen LogP contribution < -0.4 is 4.90 Å². The van der Waals surface area contributed by atoms with Gasteiger partial charge in [0.15, 0.2) is 5.82 Å². The van der Waals surface area contributed by atoms with Crippen LogP contribution in [0.2, 0.25) is 0 Å². The molecule has 34 heavy (non-hydrogen) atoms. The molecule has 174 valence electrons. The highest BCUT2D eigenvalue weighted by atomic mass is 19.1. The smallest absolute Gasteiger partial charge is 0.155 e. The van der Waals surface area contributed by atoms with Crippen molar-refractivity contribution in [2.45, 2.75) is 26.9 Å². The zero-order valence-electron chi connectivity index (χ0n) is 19.7. The minimum atomic E-state index is -0.250. The monoisotopic (exact) mass is 456 g/mol. The maximum atomic E-state index is 13.4. The molecule has 1 saturated heterocycles. The second-order valence-electron chi connectivity index (χ2n) is 8.79. The molecule has 4 aromatic rings. The molecule has 0 saturated carbocycles. The van der Waals surface area contributed by atoms with Crippen LogP contribution in [0.5, 0.6) is 0 Å². The van der Waals surface area contributed by atoms with Gasteiger partial charge in [-0.15, -0.1) is 0 Å². The van der Waals surface area contributed by atoms with Crippen molar-refractivity contribution in [1.29, 1.82) is 0 Å². The molecule has 2 aromatic heterocycles. The molecular weight excluding hydrogens is 427 g/mol. The zero-order chi connectivity index (χ0) is 23.5. The minimum Gasteiger partial charge on any atom is -0.352 e. The molecule has 0 spiro atoms. The van der Waals surface area contributed by atoms with E-state index in [0.717, 1.165) is 62.0 Å². The van der Waals surface area contributed by atoms with E-state index in [1.807, 2.05) is 6.07 Å². The molecule has 0 unspecified atom stereocenters. The molecule has 0 amide bonds. The van der Waals surface area contributed by atoms with Gasteiger partial charge in [-0.2, -0.15) is 5.10 Å². The van der Waals surface area contributed by atoms with Crippen LogP contribution in [-0.2, 0) is 13.1 Å². The first-order valence-corrected chi connectivity index (χ1v) is 11.7. The molecular formula is C27H29FN6. The lowest BCUT2D eigenvalue weighted by atomic mass is 10.1. The summed E-state index contributed by atoms with van der Waals surface area (Å²) in [7, 11) is 0. The van der Waals surface area contributed by atoms with Crippen molar-refractivity contribution >= 4 is 5.82 Å². The molecule has 7 heteroatoms. The molecule has 0 radical (unpaired) electrons. The van der Waals surface area contributed by atoms with Crippen LogP contribution in [0.4, 0.5) is 10.2 Å². The first kappa shape index (κ1) is 22.2. The van der Waals surface area contributed by atoms with Gasteiger partial charge in [0, 0.05) is 61.9 Å². The summed E-state index contributed by atoms with van der Waals surface area (Å²) in [4.78, 5) is 13.9. The van der Waals surface area contributed by atoms with E-state index in [2.05, 4.69) is 62.6 Å². The van der Waals surface area contributed by atoms with Crippen molar-refractivity contribution in [2.75, 3.05) is 31.1 Å². The number of nitrogens with zero attached hydrogens (tertiary/aromatic N) is 6. The third-order valence-corrected chi connectivity index (χ3v) is 6.56. The minimum absolute atomic E-state index is 0.250. The van der Waals surface area contributed by atoms with Crippen LogP contribution in [0, 0.1) is 19.7 Å². The average Bonchev–Trinajstić information content (AvgIpc) is 3.13. The van der Waals surface area contributed by atoms with Gasteiger partial charge in [0.1, 0.15) is 11.5 Å². The molecule has 0 N–H and O–H groups in total. The SMILES string of the molecule is Cc1nn(Cc2ccccc2)c(C)c1CN1CCN(c2nccnc2-c2ccc(F)cc2)CC1. The normalized spacial score (nSPS) is 14.5. The predicted molar refractivity (Wildman–Crippen MR) is 132 cm³/mol. The Kier molecular flexibility index (Phi) is 6.36. The molecule has 6 nitrogen and oxygen atoms in total. The second-order valence-corrected chi connectivity index (χ2v) is 8.79. The van der Waals surface area contributed by atoms with Gasteiger partial charge in [-0.25, -0.2) is 9.37 Å². The number of halogens is 1. The van der Waals surface area contributed by atoms with E-state index in [1.54, 1.807) is 24.5 Å². The fourth-order valence-electron chi connectivity index (χ4n) is 4.59. The van der Waals surface area contributed by atoms with Crippen LogP contribution in [-0.4, -0.2) is 50.8 Å². The lowest BCUT2D eigenvalue weighted by Gasteiger charge is -2.36. The molecule has 2 aromatic carbocycles. The number of hydrogen-bond donors (Lipinski definition) is 0. The molecule has 0 atom stereocenters. The highest BCUT2D eigenvalue weighted by molar-refractivity contribution is 5.72. The van der Waals surface area contributed by atoms with Crippen LogP contribution in [0.1, 0.15) is 22.5 Å². The number of rotatable bonds is 6. The summed E-state index contributed by atoms with van der Waals surface area (Å²) in [5.74, 6) is 0.609. The van der Waals surface area contributed by atoms with E-state index in [1.165, 1.54) is 29.0 Å². The van der Waals surface area contributed by atoms with Crippen molar-refractivity contribution in [2.24, 2.45) is 0 Å². The first-order valence-electron chi connectivity index (χ1n) is 11.7. The number of aromatic nitrogens is 4. The summed E-state index contributed by atoms with van der Waals surface area (Å²) in [6.07, 6.45) is 3.42. The van der Waals surface area contributed by atoms with Crippen molar-refractivity contribution < 1.29 is 4.39 Å². The Morgan fingerprint density at radius 3 is 2.26 bits per heavy atom. The Bertz CT molecular complexity index is 1240. The van der Waals surface area contributed by atoms with Gasteiger partial charge in [0.05, 0.1) is 12.2 Å². The largest absolute Gasteiger partial charge is 0.352 e. The molecule has 0 aliphatic carbocycles. The van der Waals surface area contributed by atoms with Gasteiger partial charge >= 0.3 is 0 Å². The van der Waals surface area contributed by atoms with Crippen molar-refractivity contribution in [3.8, 4) is 11.3 Å². The molecule has 1 aliphatic heterocycles. The summed E-state index contributed by atoms with van der Waals surface area (Å²) in [6.45, 7) is 9.56. The summed E-state index contributed by atoms with van der Waals surface area (Å²) in [5.41, 5.74) is 6.58. The van der Waals surface area contributed by atoms with E-state index in [0.29, 0.717) is 0 Å². The number of benzene rings is 2. The molecule has 0 bridgehead atoms. The van der Waals surface area contributed by atoms with Crippen LogP contribution >= 0.6 is 0 Å². The summed E-state index contributed by atoms with van der Waals surface area (Å²) in [5, 5.41) is 4.82. The fraction of sp³-hybridized carbons (Fsp3) is 0.296. The van der Waals surface area contributed by atoms with E-state index in [9.17, 15) is 4.39 Å². The quantitative estimate of drug-likeness (QED) is 0.429. The highest BCUT2D eigenvalue weighted by Gasteiger charge is 2.23. The van der Waals surface area contributed by atoms with E-state index in [-0.39, 0.29) is 5.82 Å². The predicted octanol–water partition coefficient (Wildman–Crippen LogP) is 4.47. The number of hydrogen-bond acceptors (Lipinski definition) is 5. The zero-order valence-corrected chi connectivity index (χ0v) is 19.7. The van der Waals surface area contributed by atoms with Gasteiger partial charge in [-0.3, -0.25) is 14.6 Å². The summed E-state index contributed by atoms with van der Waals surface area (Å²) in [6, 6.07) is 16.9. The maximum absolute atomic E-state index is 13.4. The molecule has 1 fully saturated rings. The Morgan fingerprint density at radius 2 is 1.53 bits per heavy atom. The lowest BCUT2D eigenvalue weighted by molar-refractivity contribution is 0.248. The lowest BCUT2D eigenvalue weighted by Crippen LogP contribution is -2.46. The van der Waals surface area contributed by atoms with Gasteiger partial charge in [-0.05, 0) is 43.7 Å².